The predicted molar refractivity (Wildman–Crippen MR) is 127 cm³/mol. The van der Waals surface area contributed by atoms with Gasteiger partial charge >= 0.3 is 0 Å². The van der Waals surface area contributed by atoms with Gasteiger partial charge in [-0.3, -0.25) is 9.89 Å². The highest BCUT2D eigenvalue weighted by atomic mass is 15.3. The van der Waals surface area contributed by atoms with E-state index in [1.54, 1.807) is 0 Å². The summed E-state index contributed by atoms with van der Waals surface area (Å²) in [6.07, 6.45) is 7.76. The lowest BCUT2D eigenvalue weighted by Gasteiger charge is -2.34. The normalized spacial score (nSPS) is 15.4. The van der Waals surface area contributed by atoms with Crippen molar-refractivity contribution < 1.29 is 0 Å². The van der Waals surface area contributed by atoms with Crippen LogP contribution in [0.5, 0.6) is 0 Å². The first-order valence-corrected chi connectivity index (χ1v) is 11.1. The quantitative estimate of drug-likeness (QED) is 0.293. The monoisotopic (exact) mass is 420 g/mol. The average Bonchev–Trinajstić information content (AvgIpc) is 3.24. The van der Waals surface area contributed by atoms with Gasteiger partial charge in [-0.15, -0.1) is 0 Å². The number of hydrogen-bond acceptors (Lipinski definition) is 5. The molecule has 164 valence electrons. The number of H-pyrrole nitrogens is 1. The molecule has 0 radical (unpaired) electrons. The molecule has 3 aromatic rings. The number of fused-ring (bicyclic) bond motifs is 1. The van der Waals surface area contributed by atoms with Crippen LogP contribution in [0.15, 0.2) is 53.9 Å². The Labute approximate surface area is 183 Å². The van der Waals surface area contributed by atoms with Crippen molar-refractivity contribution >= 4 is 22.8 Å². The second kappa shape index (κ2) is 10.8. The Morgan fingerprint density at radius 3 is 2.61 bits per heavy atom. The number of nitrogens with zero attached hydrogens (tertiary/aromatic N) is 5. The maximum atomic E-state index is 4.35. The molecule has 0 atom stereocenters. The minimum Gasteiger partial charge on any atom is -0.361 e. The van der Waals surface area contributed by atoms with Gasteiger partial charge in [0, 0.05) is 75.8 Å². The molecule has 8 nitrogen and oxygen atoms in total. The molecule has 2 aromatic heterocycles. The van der Waals surface area contributed by atoms with Crippen molar-refractivity contribution in [3.8, 4) is 0 Å². The van der Waals surface area contributed by atoms with E-state index in [1.807, 2.05) is 25.5 Å². The van der Waals surface area contributed by atoms with Crippen molar-refractivity contribution in [1.29, 1.82) is 0 Å². The number of hydrogen-bond donors (Lipinski definition) is 3. The Hall–Kier alpha value is -3.13. The molecule has 4 rings (SSSR count). The fourth-order valence-electron chi connectivity index (χ4n) is 4.01. The number of piperazine rings is 1. The SMILES string of the molecule is CN=C(NCCCN1CCN(c2ncccn2)CC1)NCCc1c[nH]c2ccccc12. The molecule has 31 heavy (non-hydrogen) atoms. The van der Waals surface area contributed by atoms with Gasteiger partial charge in [0.2, 0.25) is 5.95 Å². The van der Waals surface area contributed by atoms with Gasteiger partial charge in [0.1, 0.15) is 0 Å². The summed E-state index contributed by atoms with van der Waals surface area (Å²) in [4.78, 5) is 21.2. The lowest BCUT2D eigenvalue weighted by molar-refractivity contribution is 0.254. The maximum absolute atomic E-state index is 4.35. The van der Waals surface area contributed by atoms with Crippen LogP contribution in [0.3, 0.4) is 0 Å². The molecule has 3 N–H and O–H groups in total. The van der Waals surface area contributed by atoms with E-state index in [9.17, 15) is 0 Å². The number of para-hydroxylation sites is 1. The average molecular weight is 421 g/mol. The van der Waals surface area contributed by atoms with E-state index in [0.29, 0.717) is 0 Å². The summed E-state index contributed by atoms with van der Waals surface area (Å²) in [5.74, 6) is 1.71. The van der Waals surface area contributed by atoms with Gasteiger partial charge in [-0.25, -0.2) is 9.97 Å². The third-order valence-electron chi connectivity index (χ3n) is 5.74. The topological polar surface area (TPSA) is 84.5 Å². The smallest absolute Gasteiger partial charge is 0.225 e. The van der Waals surface area contributed by atoms with Crippen LogP contribution in [0.2, 0.25) is 0 Å². The van der Waals surface area contributed by atoms with Crippen molar-refractivity contribution in [3.05, 3.63) is 54.5 Å². The zero-order valence-corrected chi connectivity index (χ0v) is 18.2. The first-order valence-electron chi connectivity index (χ1n) is 11.1. The van der Waals surface area contributed by atoms with Gasteiger partial charge in [-0.1, -0.05) is 18.2 Å². The molecular formula is C23H32N8. The van der Waals surface area contributed by atoms with Crippen molar-refractivity contribution in [1.82, 2.24) is 30.5 Å². The Morgan fingerprint density at radius 1 is 1.03 bits per heavy atom. The molecule has 0 aliphatic carbocycles. The van der Waals surface area contributed by atoms with E-state index in [-0.39, 0.29) is 0 Å². The number of benzene rings is 1. The molecule has 1 aromatic carbocycles. The highest BCUT2D eigenvalue weighted by Crippen LogP contribution is 2.17. The molecule has 8 heteroatoms. The Balaban J connectivity index is 1.11. The van der Waals surface area contributed by atoms with Crippen LogP contribution in [-0.4, -0.2) is 78.7 Å². The molecule has 0 saturated carbocycles. The molecule has 1 aliphatic heterocycles. The zero-order valence-electron chi connectivity index (χ0n) is 18.2. The van der Waals surface area contributed by atoms with Crippen LogP contribution in [0, 0.1) is 0 Å². The summed E-state index contributed by atoms with van der Waals surface area (Å²) < 4.78 is 0. The van der Waals surface area contributed by atoms with Crippen molar-refractivity contribution in [3.63, 3.8) is 0 Å². The van der Waals surface area contributed by atoms with Crippen molar-refractivity contribution in [2.45, 2.75) is 12.8 Å². The van der Waals surface area contributed by atoms with Gasteiger partial charge < -0.3 is 20.5 Å². The van der Waals surface area contributed by atoms with Gasteiger partial charge in [0.05, 0.1) is 0 Å². The van der Waals surface area contributed by atoms with Gasteiger partial charge in [0.25, 0.3) is 0 Å². The van der Waals surface area contributed by atoms with E-state index < -0.39 is 0 Å². The predicted octanol–water partition coefficient (Wildman–Crippen LogP) is 1.88. The lowest BCUT2D eigenvalue weighted by atomic mass is 10.1. The largest absolute Gasteiger partial charge is 0.361 e. The highest BCUT2D eigenvalue weighted by molar-refractivity contribution is 5.83. The summed E-state index contributed by atoms with van der Waals surface area (Å²) in [5.41, 5.74) is 2.52. The number of nitrogens with one attached hydrogen (secondary N) is 3. The molecule has 0 spiro atoms. The van der Waals surface area contributed by atoms with E-state index in [1.165, 1.54) is 16.5 Å². The molecule has 0 amide bonds. The number of aromatic amines is 1. The lowest BCUT2D eigenvalue weighted by Crippen LogP contribution is -2.47. The number of aromatic nitrogens is 3. The van der Waals surface area contributed by atoms with Crippen LogP contribution in [-0.2, 0) is 6.42 Å². The summed E-state index contributed by atoms with van der Waals surface area (Å²) in [6, 6.07) is 10.3. The van der Waals surface area contributed by atoms with Crippen LogP contribution >= 0.6 is 0 Å². The van der Waals surface area contributed by atoms with Crippen LogP contribution < -0.4 is 15.5 Å². The Kier molecular flexibility index (Phi) is 7.33. The first-order chi connectivity index (χ1) is 15.3. The molecule has 0 bridgehead atoms. The molecule has 1 fully saturated rings. The molecular weight excluding hydrogens is 388 g/mol. The van der Waals surface area contributed by atoms with Gasteiger partial charge in [-0.05, 0) is 37.1 Å². The Morgan fingerprint density at radius 2 is 1.81 bits per heavy atom. The van der Waals surface area contributed by atoms with E-state index >= 15 is 0 Å². The Bertz CT molecular complexity index is 960. The zero-order chi connectivity index (χ0) is 21.3. The number of anilines is 1. The standard InChI is InChI=1S/C23H32N8/c1-24-22(26-12-8-19-18-29-21-7-3-2-6-20(19)21)25-11-5-13-30-14-16-31(17-15-30)23-27-9-4-10-28-23/h2-4,6-7,9-10,18,29H,5,8,11-17H2,1H3,(H2,24,25,26). The van der Waals surface area contributed by atoms with E-state index in [0.717, 1.165) is 70.6 Å². The number of rotatable bonds is 8. The maximum Gasteiger partial charge on any atom is 0.225 e. The summed E-state index contributed by atoms with van der Waals surface area (Å²) >= 11 is 0. The first kappa shape index (κ1) is 21.1. The second-order valence-electron chi connectivity index (χ2n) is 7.77. The minimum atomic E-state index is 0.839. The van der Waals surface area contributed by atoms with Crippen LogP contribution in [0.1, 0.15) is 12.0 Å². The summed E-state index contributed by atoms with van der Waals surface area (Å²) in [7, 11) is 1.83. The van der Waals surface area contributed by atoms with Crippen molar-refractivity contribution in [2.24, 2.45) is 4.99 Å². The molecule has 3 heterocycles. The highest BCUT2D eigenvalue weighted by Gasteiger charge is 2.18. The van der Waals surface area contributed by atoms with E-state index in [4.69, 9.17) is 0 Å². The number of guanidine groups is 1. The molecule has 1 aliphatic rings. The van der Waals surface area contributed by atoms with Gasteiger partial charge in [-0.2, -0.15) is 0 Å². The summed E-state index contributed by atoms with van der Waals surface area (Å²) in [6.45, 7) is 6.91. The number of aliphatic imine (C=N–C) groups is 1. The van der Waals surface area contributed by atoms with Crippen LogP contribution in [0.4, 0.5) is 5.95 Å². The third-order valence-corrected chi connectivity index (χ3v) is 5.74. The second-order valence-corrected chi connectivity index (χ2v) is 7.77. The minimum absolute atomic E-state index is 0.839. The molecule has 0 unspecified atom stereocenters. The van der Waals surface area contributed by atoms with Crippen molar-refractivity contribution in [2.75, 3.05) is 57.8 Å². The van der Waals surface area contributed by atoms with Gasteiger partial charge in [0.15, 0.2) is 5.96 Å². The fraction of sp³-hybridized carbons (Fsp3) is 0.435. The molecule has 1 saturated heterocycles. The van der Waals surface area contributed by atoms with Crippen LogP contribution in [0.25, 0.3) is 10.9 Å². The van der Waals surface area contributed by atoms with E-state index in [2.05, 4.69) is 70.8 Å². The summed E-state index contributed by atoms with van der Waals surface area (Å²) in [5, 5.41) is 8.16. The fourth-order valence-corrected chi connectivity index (χ4v) is 4.01. The third kappa shape index (κ3) is 5.73.